The van der Waals surface area contributed by atoms with Gasteiger partial charge in [0.25, 0.3) is 0 Å². The van der Waals surface area contributed by atoms with Crippen LogP contribution in [-0.4, -0.2) is 15.9 Å². The zero-order valence-corrected chi connectivity index (χ0v) is 10.2. The molecule has 0 bridgehead atoms. The Bertz CT molecular complexity index is 526. The molecule has 0 fully saturated rings. The number of benzene rings is 1. The summed E-state index contributed by atoms with van der Waals surface area (Å²) in [5, 5.41) is 4.17. The Morgan fingerprint density at radius 2 is 2.33 bits per heavy atom. The van der Waals surface area contributed by atoms with E-state index in [4.69, 9.17) is 10.6 Å². The third-order valence-electron chi connectivity index (χ3n) is 3.31. The summed E-state index contributed by atoms with van der Waals surface area (Å²) in [4.78, 5) is 0. The molecule has 1 aliphatic rings. The lowest BCUT2D eigenvalue weighted by Gasteiger charge is -2.21. The van der Waals surface area contributed by atoms with Crippen LogP contribution in [-0.2, 0) is 13.5 Å². The number of nitrogens with zero attached hydrogens (tertiary/aromatic N) is 2. The van der Waals surface area contributed by atoms with Crippen molar-refractivity contribution in [2.24, 2.45) is 12.9 Å². The highest BCUT2D eigenvalue weighted by atomic mass is 16.5. The molecule has 1 aromatic carbocycles. The van der Waals surface area contributed by atoms with Crippen molar-refractivity contribution >= 4 is 0 Å². The van der Waals surface area contributed by atoms with Gasteiger partial charge in [-0.15, -0.1) is 0 Å². The lowest BCUT2D eigenvalue weighted by atomic mass is 10.0. The van der Waals surface area contributed by atoms with E-state index in [9.17, 15) is 0 Å². The Kier molecular flexibility index (Phi) is 2.77. The van der Waals surface area contributed by atoms with Gasteiger partial charge in [-0.3, -0.25) is 10.5 Å². The molecular formula is C13H16N4O. The molecule has 1 aromatic heterocycles. The Morgan fingerprint density at radius 3 is 3.00 bits per heavy atom. The first-order valence-corrected chi connectivity index (χ1v) is 5.97. The van der Waals surface area contributed by atoms with Gasteiger partial charge in [0.1, 0.15) is 11.9 Å². The number of rotatable bonds is 3. The van der Waals surface area contributed by atoms with Crippen LogP contribution in [0.4, 0.5) is 0 Å². The predicted molar refractivity (Wildman–Crippen MR) is 67.8 cm³/mol. The van der Waals surface area contributed by atoms with Crippen LogP contribution in [0.3, 0.4) is 0 Å². The molecule has 0 amide bonds. The van der Waals surface area contributed by atoms with Gasteiger partial charge in [-0.1, -0.05) is 18.2 Å². The molecule has 18 heavy (non-hydrogen) atoms. The van der Waals surface area contributed by atoms with Gasteiger partial charge < -0.3 is 4.74 Å². The Morgan fingerprint density at radius 1 is 1.50 bits per heavy atom. The summed E-state index contributed by atoms with van der Waals surface area (Å²) in [6, 6.07) is 8.04. The standard InChI is InChI=1S/C13H16N4O/c1-17-8-10(7-15-17)13(16-14)12-6-9-4-2-3-5-11(9)18-12/h2-5,7-8,12-13,16H,6,14H2,1H3. The summed E-state index contributed by atoms with van der Waals surface area (Å²) < 4.78 is 7.71. The number of nitrogens with one attached hydrogen (secondary N) is 1. The lowest BCUT2D eigenvalue weighted by molar-refractivity contribution is 0.179. The van der Waals surface area contributed by atoms with Gasteiger partial charge >= 0.3 is 0 Å². The third-order valence-corrected chi connectivity index (χ3v) is 3.31. The zero-order chi connectivity index (χ0) is 12.5. The molecule has 3 rings (SSSR count). The maximum absolute atomic E-state index is 5.94. The zero-order valence-electron chi connectivity index (χ0n) is 10.2. The number of hydrogen-bond acceptors (Lipinski definition) is 4. The molecule has 0 saturated carbocycles. The number of nitrogens with two attached hydrogens (primary N) is 1. The SMILES string of the molecule is Cn1cc(C(NN)C2Cc3ccccc3O2)cn1. The number of hydrazine groups is 1. The maximum atomic E-state index is 5.94. The van der Waals surface area contributed by atoms with E-state index in [-0.39, 0.29) is 12.1 Å². The topological polar surface area (TPSA) is 65.1 Å². The van der Waals surface area contributed by atoms with E-state index >= 15 is 0 Å². The Balaban J connectivity index is 1.83. The molecule has 2 unspecified atom stereocenters. The van der Waals surface area contributed by atoms with E-state index in [0.717, 1.165) is 17.7 Å². The minimum Gasteiger partial charge on any atom is -0.488 e. The predicted octanol–water partition coefficient (Wildman–Crippen LogP) is 0.928. The van der Waals surface area contributed by atoms with Gasteiger partial charge in [0.05, 0.1) is 12.2 Å². The number of ether oxygens (including phenoxy) is 1. The largest absolute Gasteiger partial charge is 0.488 e. The number of hydrogen-bond donors (Lipinski definition) is 2. The summed E-state index contributed by atoms with van der Waals surface area (Å²) in [7, 11) is 1.89. The molecule has 2 heterocycles. The van der Waals surface area contributed by atoms with Crippen LogP contribution < -0.4 is 16.0 Å². The minimum atomic E-state index is -0.0499. The number of fused-ring (bicyclic) bond motifs is 1. The molecule has 0 aliphatic carbocycles. The summed E-state index contributed by atoms with van der Waals surface area (Å²) in [5.41, 5.74) is 5.10. The van der Waals surface area contributed by atoms with E-state index in [1.54, 1.807) is 4.68 Å². The molecule has 0 spiro atoms. The number of para-hydroxylation sites is 1. The number of aromatic nitrogens is 2. The van der Waals surface area contributed by atoms with Gasteiger partial charge in [0, 0.05) is 25.2 Å². The fraction of sp³-hybridized carbons (Fsp3) is 0.308. The van der Waals surface area contributed by atoms with E-state index in [1.807, 2.05) is 37.6 Å². The van der Waals surface area contributed by atoms with Crippen LogP contribution in [0.5, 0.6) is 5.75 Å². The second kappa shape index (κ2) is 4.44. The van der Waals surface area contributed by atoms with Crippen LogP contribution in [0.25, 0.3) is 0 Å². The summed E-state index contributed by atoms with van der Waals surface area (Å²) in [6.07, 6.45) is 4.64. The molecule has 0 saturated heterocycles. The van der Waals surface area contributed by atoms with Crippen LogP contribution in [0.2, 0.25) is 0 Å². The van der Waals surface area contributed by atoms with Crippen LogP contribution in [0, 0.1) is 0 Å². The van der Waals surface area contributed by atoms with Crippen LogP contribution in [0.1, 0.15) is 17.2 Å². The quantitative estimate of drug-likeness (QED) is 0.622. The van der Waals surface area contributed by atoms with Crippen LogP contribution >= 0.6 is 0 Å². The molecule has 2 atom stereocenters. The molecule has 5 heteroatoms. The van der Waals surface area contributed by atoms with Gasteiger partial charge in [-0.25, -0.2) is 5.43 Å². The van der Waals surface area contributed by atoms with Crippen molar-refractivity contribution < 1.29 is 4.74 Å². The second-order valence-electron chi connectivity index (χ2n) is 4.56. The van der Waals surface area contributed by atoms with Crippen molar-refractivity contribution in [3.8, 4) is 5.75 Å². The third kappa shape index (κ3) is 1.87. The fourth-order valence-electron chi connectivity index (χ4n) is 2.41. The minimum absolute atomic E-state index is 0.0107. The highest BCUT2D eigenvalue weighted by Gasteiger charge is 2.31. The van der Waals surface area contributed by atoms with Crippen molar-refractivity contribution in [3.63, 3.8) is 0 Å². The maximum Gasteiger partial charge on any atom is 0.124 e. The first-order chi connectivity index (χ1) is 8.78. The van der Waals surface area contributed by atoms with Crippen molar-refractivity contribution in [1.82, 2.24) is 15.2 Å². The molecule has 2 aromatic rings. The molecule has 0 radical (unpaired) electrons. The van der Waals surface area contributed by atoms with Crippen LogP contribution in [0.15, 0.2) is 36.7 Å². The van der Waals surface area contributed by atoms with Crippen molar-refractivity contribution in [3.05, 3.63) is 47.8 Å². The molecule has 5 nitrogen and oxygen atoms in total. The fourth-order valence-corrected chi connectivity index (χ4v) is 2.41. The van der Waals surface area contributed by atoms with Crippen molar-refractivity contribution in [2.75, 3.05) is 0 Å². The van der Waals surface area contributed by atoms with E-state index < -0.39 is 0 Å². The van der Waals surface area contributed by atoms with E-state index in [1.165, 1.54) is 5.56 Å². The van der Waals surface area contributed by atoms with E-state index in [0.29, 0.717) is 0 Å². The van der Waals surface area contributed by atoms with Crippen molar-refractivity contribution in [1.29, 1.82) is 0 Å². The van der Waals surface area contributed by atoms with Crippen molar-refractivity contribution in [2.45, 2.75) is 18.6 Å². The Labute approximate surface area is 106 Å². The molecular weight excluding hydrogens is 228 g/mol. The van der Waals surface area contributed by atoms with E-state index in [2.05, 4.69) is 16.6 Å². The Hall–Kier alpha value is -1.85. The summed E-state index contributed by atoms with van der Waals surface area (Å²) >= 11 is 0. The highest BCUT2D eigenvalue weighted by molar-refractivity contribution is 5.38. The van der Waals surface area contributed by atoms with Gasteiger partial charge in [-0.05, 0) is 11.6 Å². The smallest absolute Gasteiger partial charge is 0.124 e. The average molecular weight is 244 g/mol. The first kappa shape index (κ1) is 11.3. The molecule has 94 valence electrons. The second-order valence-corrected chi connectivity index (χ2v) is 4.56. The van der Waals surface area contributed by atoms with Gasteiger partial charge in [0.2, 0.25) is 0 Å². The molecule has 3 N–H and O–H groups in total. The summed E-state index contributed by atoms with van der Waals surface area (Å²) in [6.45, 7) is 0. The summed E-state index contributed by atoms with van der Waals surface area (Å²) in [5.74, 6) is 6.61. The lowest BCUT2D eigenvalue weighted by Crippen LogP contribution is -2.38. The normalized spacial score (nSPS) is 19.3. The monoisotopic (exact) mass is 244 g/mol. The molecule has 1 aliphatic heterocycles. The van der Waals surface area contributed by atoms with Gasteiger partial charge in [0.15, 0.2) is 0 Å². The highest BCUT2D eigenvalue weighted by Crippen LogP contribution is 2.33. The van der Waals surface area contributed by atoms with Gasteiger partial charge in [-0.2, -0.15) is 5.10 Å². The number of aryl methyl sites for hydroxylation is 1. The average Bonchev–Trinajstić information content (AvgIpc) is 2.96. The first-order valence-electron chi connectivity index (χ1n) is 5.97.